The molecule has 2 aromatic carbocycles. The van der Waals surface area contributed by atoms with E-state index >= 15 is 0 Å². The van der Waals surface area contributed by atoms with Crippen LogP contribution < -0.4 is 5.73 Å². The number of nitrogens with two attached hydrogens (primary N) is 1. The van der Waals surface area contributed by atoms with E-state index in [0.29, 0.717) is 37.7 Å². The van der Waals surface area contributed by atoms with Crippen LogP contribution in [0.2, 0.25) is 0 Å². The van der Waals surface area contributed by atoms with Crippen molar-refractivity contribution in [2.45, 2.75) is 38.9 Å². The van der Waals surface area contributed by atoms with E-state index < -0.39 is 39.7 Å². The van der Waals surface area contributed by atoms with Gasteiger partial charge in [-0.2, -0.15) is 13.2 Å². The van der Waals surface area contributed by atoms with E-state index in [1.54, 1.807) is 12.1 Å². The molecule has 1 saturated heterocycles. The van der Waals surface area contributed by atoms with Gasteiger partial charge in [0.25, 0.3) is 11.6 Å². The third kappa shape index (κ3) is 6.16. The Morgan fingerprint density at radius 2 is 1.77 bits per heavy atom. The molecule has 0 spiro atoms. The molecular formula is C24H27F3N4O4. The number of alkyl halides is 3. The first kappa shape index (κ1) is 26.1. The number of hydrogen-bond donors (Lipinski definition) is 1. The van der Waals surface area contributed by atoms with Crippen molar-refractivity contribution in [2.75, 3.05) is 26.2 Å². The van der Waals surface area contributed by atoms with E-state index in [1.807, 2.05) is 6.07 Å². The van der Waals surface area contributed by atoms with Gasteiger partial charge < -0.3 is 10.6 Å². The fraction of sp³-hybridized carbons (Fsp3) is 0.417. The second-order valence-electron chi connectivity index (χ2n) is 8.46. The van der Waals surface area contributed by atoms with Gasteiger partial charge in [-0.15, -0.1) is 0 Å². The fourth-order valence-corrected chi connectivity index (χ4v) is 4.25. The monoisotopic (exact) mass is 492 g/mol. The van der Waals surface area contributed by atoms with Crippen LogP contribution >= 0.6 is 0 Å². The number of carbonyl (C=O) groups is 2. The summed E-state index contributed by atoms with van der Waals surface area (Å²) in [4.78, 5) is 38.1. The molecule has 0 saturated carbocycles. The standard InChI is InChI=1S/C24H27F3N4O4/c1-2-3-6-18-16(5-4-7-19(18)22(28)32)15-29-10-12-30(13-11-29)23(33)20-9-8-17(31(34)35)14-21(20)24(25,26)27/h4-5,7-9,14H,2-3,6,10-13,15H2,1H3,(H2,28,32). The Bertz CT molecular complexity index is 1110. The van der Waals surface area contributed by atoms with Crippen molar-refractivity contribution >= 4 is 17.5 Å². The Kier molecular flexibility index (Phi) is 8.11. The molecule has 0 unspecified atom stereocenters. The molecule has 0 atom stereocenters. The molecule has 2 N–H and O–H groups in total. The highest BCUT2D eigenvalue weighted by atomic mass is 19.4. The number of unbranched alkanes of at least 4 members (excludes halogenated alkanes) is 1. The summed E-state index contributed by atoms with van der Waals surface area (Å²) in [6.07, 6.45) is -2.34. The highest BCUT2D eigenvalue weighted by Crippen LogP contribution is 2.35. The van der Waals surface area contributed by atoms with Crippen molar-refractivity contribution in [3.05, 3.63) is 74.3 Å². The molecule has 1 aliphatic heterocycles. The zero-order chi connectivity index (χ0) is 25.8. The Labute approximate surface area is 200 Å². The summed E-state index contributed by atoms with van der Waals surface area (Å²) in [5.41, 5.74) is 5.26. The third-order valence-corrected chi connectivity index (χ3v) is 6.12. The zero-order valence-electron chi connectivity index (χ0n) is 19.3. The molecule has 1 fully saturated rings. The number of amides is 2. The quantitative estimate of drug-likeness (QED) is 0.442. The molecule has 3 rings (SSSR count). The summed E-state index contributed by atoms with van der Waals surface area (Å²) in [5.74, 6) is -1.30. The van der Waals surface area contributed by atoms with Crippen molar-refractivity contribution < 1.29 is 27.7 Å². The number of nitro groups is 1. The minimum absolute atomic E-state index is 0.201. The molecule has 0 bridgehead atoms. The second kappa shape index (κ2) is 10.9. The summed E-state index contributed by atoms with van der Waals surface area (Å²) in [5, 5.41) is 10.9. The molecule has 0 aliphatic carbocycles. The van der Waals surface area contributed by atoms with Crippen molar-refractivity contribution in [2.24, 2.45) is 5.73 Å². The summed E-state index contributed by atoms with van der Waals surface area (Å²) in [6.45, 7) is 3.83. The highest BCUT2D eigenvalue weighted by Gasteiger charge is 2.38. The van der Waals surface area contributed by atoms with E-state index in [2.05, 4.69) is 11.8 Å². The van der Waals surface area contributed by atoms with Crippen LogP contribution in [0.4, 0.5) is 18.9 Å². The first-order valence-electron chi connectivity index (χ1n) is 11.3. The number of carbonyl (C=O) groups excluding carboxylic acids is 2. The van der Waals surface area contributed by atoms with E-state index in [-0.39, 0.29) is 13.1 Å². The molecular weight excluding hydrogens is 465 g/mol. The minimum Gasteiger partial charge on any atom is -0.366 e. The molecule has 188 valence electrons. The number of nitro benzene ring substituents is 1. The lowest BCUT2D eigenvalue weighted by Gasteiger charge is -2.35. The summed E-state index contributed by atoms with van der Waals surface area (Å²) in [6, 6.07) is 7.58. The highest BCUT2D eigenvalue weighted by molar-refractivity contribution is 5.96. The largest absolute Gasteiger partial charge is 0.417 e. The van der Waals surface area contributed by atoms with Gasteiger partial charge in [0, 0.05) is 50.4 Å². The lowest BCUT2D eigenvalue weighted by atomic mass is 9.95. The first-order valence-corrected chi connectivity index (χ1v) is 11.3. The summed E-state index contributed by atoms with van der Waals surface area (Å²) < 4.78 is 40.5. The fourth-order valence-electron chi connectivity index (χ4n) is 4.25. The minimum atomic E-state index is -4.90. The van der Waals surface area contributed by atoms with Crippen LogP contribution in [0, 0.1) is 10.1 Å². The molecule has 2 aromatic rings. The average Bonchev–Trinajstić information content (AvgIpc) is 2.82. The predicted octanol–water partition coefficient (Wildman–Crippen LogP) is 4.01. The maximum Gasteiger partial charge on any atom is 0.417 e. The van der Waals surface area contributed by atoms with Crippen LogP contribution in [0.25, 0.3) is 0 Å². The first-order chi connectivity index (χ1) is 16.5. The maximum atomic E-state index is 13.5. The molecule has 1 aliphatic rings. The lowest BCUT2D eigenvalue weighted by molar-refractivity contribution is -0.385. The number of piperazine rings is 1. The van der Waals surface area contributed by atoms with Gasteiger partial charge in [-0.05, 0) is 36.1 Å². The van der Waals surface area contributed by atoms with Crippen LogP contribution in [-0.4, -0.2) is 52.7 Å². The summed E-state index contributed by atoms with van der Waals surface area (Å²) >= 11 is 0. The molecule has 8 nitrogen and oxygen atoms in total. The average molecular weight is 492 g/mol. The number of nitrogens with zero attached hydrogens (tertiary/aromatic N) is 3. The number of primary amides is 1. The van der Waals surface area contributed by atoms with Gasteiger partial charge in [-0.1, -0.05) is 25.5 Å². The Balaban J connectivity index is 1.74. The van der Waals surface area contributed by atoms with Gasteiger partial charge in [-0.25, -0.2) is 0 Å². The van der Waals surface area contributed by atoms with Crippen LogP contribution in [0.1, 0.15) is 57.2 Å². The second-order valence-corrected chi connectivity index (χ2v) is 8.46. The van der Waals surface area contributed by atoms with Crippen molar-refractivity contribution in [3.63, 3.8) is 0 Å². The topological polar surface area (TPSA) is 110 Å². The number of hydrogen-bond acceptors (Lipinski definition) is 5. The van der Waals surface area contributed by atoms with Gasteiger partial charge in [0.05, 0.1) is 16.1 Å². The predicted molar refractivity (Wildman–Crippen MR) is 123 cm³/mol. The zero-order valence-corrected chi connectivity index (χ0v) is 19.3. The van der Waals surface area contributed by atoms with Crippen molar-refractivity contribution in [1.29, 1.82) is 0 Å². The van der Waals surface area contributed by atoms with E-state index in [4.69, 9.17) is 5.73 Å². The van der Waals surface area contributed by atoms with E-state index in [1.165, 1.54) is 4.90 Å². The van der Waals surface area contributed by atoms with Gasteiger partial charge in [0.2, 0.25) is 5.91 Å². The molecule has 11 heteroatoms. The molecule has 1 heterocycles. The van der Waals surface area contributed by atoms with Crippen molar-refractivity contribution in [1.82, 2.24) is 9.80 Å². The summed E-state index contributed by atoms with van der Waals surface area (Å²) in [7, 11) is 0. The van der Waals surface area contributed by atoms with Crippen LogP contribution in [0.3, 0.4) is 0 Å². The van der Waals surface area contributed by atoms with E-state index in [9.17, 15) is 32.9 Å². The molecule has 0 aromatic heterocycles. The SMILES string of the molecule is CCCCc1c(CN2CCN(C(=O)c3ccc([N+](=O)[O-])cc3C(F)(F)F)CC2)cccc1C(N)=O. The number of halogens is 3. The third-order valence-electron chi connectivity index (χ3n) is 6.12. The van der Waals surface area contributed by atoms with Gasteiger partial charge >= 0.3 is 6.18 Å². The van der Waals surface area contributed by atoms with Crippen LogP contribution in [-0.2, 0) is 19.1 Å². The number of benzene rings is 2. The van der Waals surface area contributed by atoms with Gasteiger partial charge in [0.1, 0.15) is 0 Å². The Morgan fingerprint density at radius 1 is 1.09 bits per heavy atom. The smallest absolute Gasteiger partial charge is 0.366 e. The Morgan fingerprint density at radius 3 is 2.34 bits per heavy atom. The molecule has 35 heavy (non-hydrogen) atoms. The maximum absolute atomic E-state index is 13.5. The molecule has 0 radical (unpaired) electrons. The molecule has 2 amide bonds. The van der Waals surface area contributed by atoms with Crippen molar-refractivity contribution in [3.8, 4) is 0 Å². The normalized spacial score (nSPS) is 14.7. The lowest BCUT2D eigenvalue weighted by Crippen LogP contribution is -2.48. The number of rotatable bonds is 8. The van der Waals surface area contributed by atoms with Gasteiger partial charge in [-0.3, -0.25) is 24.6 Å². The van der Waals surface area contributed by atoms with E-state index in [0.717, 1.165) is 36.1 Å². The van der Waals surface area contributed by atoms with Gasteiger partial charge in [0.15, 0.2) is 0 Å². The number of non-ortho nitro benzene ring substituents is 1. The van der Waals surface area contributed by atoms with Crippen LogP contribution in [0.15, 0.2) is 36.4 Å². The van der Waals surface area contributed by atoms with Crippen LogP contribution in [0.5, 0.6) is 0 Å². The Hall–Kier alpha value is -3.47.